The Balaban J connectivity index is 1.56. The van der Waals surface area contributed by atoms with E-state index in [-0.39, 0.29) is 35.1 Å². The lowest BCUT2D eigenvalue weighted by molar-refractivity contribution is -0.136. The first kappa shape index (κ1) is 21.3. The number of fused-ring (bicyclic) bond motifs is 3. The topological polar surface area (TPSA) is 118 Å². The van der Waals surface area contributed by atoms with Crippen LogP contribution in [0.1, 0.15) is 70.8 Å². The molecule has 0 aromatic carbocycles. The molecule has 0 aliphatic carbocycles. The minimum absolute atomic E-state index is 0.0405. The standard InChI is InChI=1S/C22H28N4O5/c1-3-4-5-7-14-10-18(28)30-21-19(14)20(29)23-22(24-21)31-25-15-11-16-8-6-9-17(12-15)26(16)13(2)27/h10,16-17H,3-9,11-12H2,1-2H3,(H,23,24,29). The number of unbranched alkanes of at least 4 members (excludes halogenated alkanes) is 2. The average molecular weight is 428 g/mol. The number of nitrogens with zero attached hydrogens (tertiary/aromatic N) is 3. The zero-order valence-corrected chi connectivity index (χ0v) is 18.0. The van der Waals surface area contributed by atoms with Gasteiger partial charge in [-0.05, 0) is 37.7 Å². The average Bonchev–Trinajstić information content (AvgIpc) is 2.71. The molecule has 31 heavy (non-hydrogen) atoms. The highest BCUT2D eigenvalue weighted by Gasteiger charge is 2.38. The Labute approximate surface area is 179 Å². The third kappa shape index (κ3) is 4.55. The predicted molar refractivity (Wildman–Crippen MR) is 115 cm³/mol. The van der Waals surface area contributed by atoms with Gasteiger partial charge in [0.15, 0.2) is 0 Å². The van der Waals surface area contributed by atoms with E-state index in [0.29, 0.717) is 24.8 Å². The monoisotopic (exact) mass is 428 g/mol. The van der Waals surface area contributed by atoms with Gasteiger partial charge in [0.1, 0.15) is 5.39 Å². The van der Waals surface area contributed by atoms with Crippen molar-refractivity contribution in [2.45, 2.75) is 83.7 Å². The van der Waals surface area contributed by atoms with Crippen molar-refractivity contribution in [3.05, 3.63) is 32.4 Å². The molecule has 1 N–H and O–H groups in total. The lowest BCUT2D eigenvalue weighted by Gasteiger charge is -2.45. The Hall–Kier alpha value is -2.97. The van der Waals surface area contributed by atoms with Gasteiger partial charge in [-0.3, -0.25) is 14.6 Å². The highest BCUT2D eigenvalue weighted by Crippen LogP contribution is 2.33. The Kier molecular flexibility index (Phi) is 6.20. The second-order valence-electron chi connectivity index (χ2n) is 8.42. The number of aryl methyl sites for hydroxylation is 1. The highest BCUT2D eigenvalue weighted by atomic mass is 16.6. The van der Waals surface area contributed by atoms with Gasteiger partial charge in [0, 0.05) is 37.9 Å². The fourth-order valence-corrected chi connectivity index (χ4v) is 4.82. The molecule has 166 valence electrons. The Morgan fingerprint density at radius 2 is 2.03 bits per heavy atom. The molecule has 2 unspecified atom stereocenters. The van der Waals surface area contributed by atoms with Gasteiger partial charge in [-0.1, -0.05) is 24.9 Å². The van der Waals surface area contributed by atoms with Crippen LogP contribution in [0.4, 0.5) is 0 Å². The summed E-state index contributed by atoms with van der Waals surface area (Å²) in [5.74, 6) is 0.0972. The molecule has 2 aromatic heterocycles. The van der Waals surface area contributed by atoms with Gasteiger partial charge in [0.2, 0.25) is 11.6 Å². The van der Waals surface area contributed by atoms with E-state index in [2.05, 4.69) is 22.0 Å². The molecular formula is C22H28N4O5. The summed E-state index contributed by atoms with van der Waals surface area (Å²) in [6.45, 7) is 3.70. The molecule has 0 radical (unpaired) electrons. The maximum absolute atomic E-state index is 12.7. The van der Waals surface area contributed by atoms with E-state index < -0.39 is 11.2 Å². The lowest BCUT2D eigenvalue weighted by Crippen LogP contribution is -2.54. The van der Waals surface area contributed by atoms with Crippen molar-refractivity contribution in [2.24, 2.45) is 5.16 Å². The van der Waals surface area contributed by atoms with Crippen molar-refractivity contribution in [1.29, 1.82) is 0 Å². The van der Waals surface area contributed by atoms with Gasteiger partial charge >= 0.3 is 11.6 Å². The summed E-state index contributed by atoms with van der Waals surface area (Å²) < 4.78 is 5.16. The highest BCUT2D eigenvalue weighted by molar-refractivity contribution is 5.88. The first-order valence-corrected chi connectivity index (χ1v) is 11.0. The molecule has 0 saturated carbocycles. The summed E-state index contributed by atoms with van der Waals surface area (Å²) in [4.78, 5) is 50.7. The van der Waals surface area contributed by atoms with Crippen LogP contribution in [0.2, 0.25) is 0 Å². The largest absolute Gasteiger partial charge is 0.403 e. The quantitative estimate of drug-likeness (QED) is 0.558. The summed E-state index contributed by atoms with van der Waals surface area (Å²) in [5.41, 5.74) is 0.471. The number of piperidine rings is 2. The van der Waals surface area contributed by atoms with Gasteiger partial charge in [-0.15, -0.1) is 0 Å². The van der Waals surface area contributed by atoms with Crippen LogP contribution in [-0.2, 0) is 11.2 Å². The van der Waals surface area contributed by atoms with Crippen LogP contribution in [0, 0.1) is 0 Å². The Bertz CT molecular complexity index is 1100. The number of amides is 1. The third-order valence-electron chi connectivity index (χ3n) is 6.15. The normalized spacial score (nSPS) is 20.7. The van der Waals surface area contributed by atoms with Gasteiger partial charge in [-0.2, -0.15) is 4.98 Å². The summed E-state index contributed by atoms with van der Waals surface area (Å²) in [6, 6.07) is 1.52. The van der Waals surface area contributed by atoms with E-state index in [1.165, 1.54) is 6.07 Å². The number of oxime groups is 1. The fraction of sp³-hybridized carbons (Fsp3) is 0.591. The van der Waals surface area contributed by atoms with E-state index in [1.54, 1.807) is 6.92 Å². The Morgan fingerprint density at radius 3 is 2.71 bits per heavy atom. The Morgan fingerprint density at radius 1 is 1.29 bits per heavy atom. The zero-order valence-electron chi connectivity index (χ0n) is 18.0. The minimum atomic E-state index is -0.543. The second kappa shape index (κ2) is 9.03. The van der Waals surface area contributed by atoms with E-state index >= 15 is 0 Å². The summed E-state index contributed by atoms with van der Waals surface area (Å²) in [5, 5.41) is 4.49. The van der Waals surface area contributed by atoms with Crippen LogP contribution < -0.4 is 16.0 Å². The minimum Gasteiger partial charge on any atom is -0.403 e. The molecule has 2 aromatic rings. The number of hydrogen-bond donors (Lipinski definition) is 1. The van der Waals surface area contributed by atoms with Crippen molar-refractivity contribution in [3.8, 4) is 6.01 Å². The molecule has 2 fully saturated rings. The van der Waals surface area contributed by atoms with Crippen molar-refractivity contribution < 1.29 is 14.0 Å². The maximum atomic E-state index is 12.7. The van der Waals surface area contributed by atoms with Gasteiger partial charge in [0.25, 0.3) is 5.56 Å². The lowest BCUT2D eigenvalue weighted by atomic mass is 9.83. The van der Waals surface area contributed by atoms with Gasteiger partial charge in [-0.25, -0.2) is 4.79 Å². The van der Waals surface area contributed by atoms with Crippen molar-refractivity contribution in [1.82, 2.24) is 14.9 Å². The molecule has 9 nitrogen and oxygen atoms in total. The molecule has 2 aliphatic rings. The van der Waals surface area contributed by atoms with E-state index in [9.17, 15) is 14.4 Å². The van der Waals surface area contributed by atoms with Crippen molar-refractivity contribution >= 4 is 22.7 Å². The molecule has 0 spiro atoms. The van der Waals surface area contributed by atoms with Crippen LogP contribution in [0.3, 0.4) is 0 Å². The van der Waals surface area contributed by atoms with E-state index in [0.717, 1.165) is 44.2 Å². The molecule has 2 bridgehead atoms. The smallest absolute Gasteiger partial charge is 0.337 e. The van der Waals surface area contributed by atoms with Crippen LogP contribution in [-0.4, -0.2) is 38.6 Å². The SMILES string of the molecule is CCCCCc1cc(=O)oc2nc(ON=C3CC4CCCC(C3)N4C(C)=O)[nH]c(=O)c12. The predicted octanol–water partition coefficient (Wildman–Crippen LogP) is 2.91. The summed E-state index contributed by atoms with van der Waals surface area (Å²) in [6.07, 6.45) is 7.82. The first-order chi connectivity index (χ1) is 15.0. The fourth-order valence-electron chi connectivity index (χ4n) is 4.82. The summed E-state index contributed by atoms with van der Waals surface area (Å²) >= 11 is 0. The molecule has 4 rings (SSSR count). The molecular weight excluding hydrogens is 400 g/mol. The van der Waals surface area contributed by atoms with E-state index in [1.807, 2.05) is 4.90 Å². The second-order valence-corrected chi connectivity index (χ2v) is 8.42. The maximum Gasteiger partial charge on any atom is 0.337 e. The molecule has 2 saturated heterocycles. The molecule has 9 heteroatoms. The number of aromatic nitrogens is 2. The molecule has 1 amide bonds. The number of carbonyl (C=O) groups excluding carboxylic acids is 1. The number of rotatable bonds is 6. The van der Waals surface area contributed by atoms with Crippen molar-refractivity contribution in [3.63, 3.8) is 0 Å². The number of nitrogens with one attached hydrogen (secondary N) is 1. The van der Waals surface area contributed by atoms with Crippen LogP contribution in [0.5, 0.6) is 6.01 Å². The van der Waals surface area contributed by atoms with Gasteiger partial charge < -0.3 is 14.2 Å². The van der Waals surface area contributed by atoms with Gasteiger partial charge in [0.05, 0.1) is 5.71 Å². The summed E-state index contributed by atoms with van der Waals surface area (Å²) in [7, 11) is 0. The number of H-pyrrole nitrogens is 1. The number of carbonyl (C=O) groups is 1. The van der Waals surface area contributed by atoms with Crippen LogP contribution >= 0.6 is 0 Å². The molecule has 2 atom stereocenters. The van der Waals surface area contributed by atoms with E-state index in [4.69, 9.17) is 9.25 Å². The zero-order chi connectivity index (χ0) is 22.0. The number of aromatic amines is 1. The number of hydrogen-bond acceptors (Lipinski definition) is 7. The first-order valence-electron chi connectivity index (χ1n) is 11.0. The molecule has 4 heterocycles. The van der Waals surface area contributed by atoms with Crippen LogP contribution in [0.25, 0.3) is 11.1 Å². The van der Waals surface area contributed by atoms with Crippen LogP contribution in [0.15, 0.2) is 25.2 Å². The molecule has 2 aliphatic heterocycles. The van der Waals surface area contributed by atoms with Crippen molar-refractivity contribution in [2.75, 3.05) is 0 Å². The third-order valence-corrected chi connectivity index (χ3v) is 6.15.